The Morgan fingerprint density at radius 1 is 1.00 bits per heavy atom. The molecule has 4 heteroatoms. The minimum absolute atomic E-state index is 0.0940. The number of aromatic hydroxyl groups is 1. The molecule has 122 valence electrons. The van der Waals surface area contributed by atoms with E-state index in [4.69, 9.17) is 4.42 Å². The Labute approximate surface area is 140 Å². The molecule has 0 unspecified atom stereocenters. The van der Waals surface area contributed by atoms with E-state index in [2.05, 4.69) is 5.32 Å². The van der Waals surface area contributed by atoms with Crippen LogP contribution in [0.3, 0.4) is 0 Å². The smallest absolute Gasteiger partial charge is 0.221 e. The van der Waals surface area contributed by atoms with Crippen molar-refractivity contribution in [3.63, 3.8) is 0 Å². The molecule has 1 amide bonds. The first-order valence-corrected chi connectivity index (χ1v) is 7.86. The Balaban J connectivity index is 1.78. The number of carbonyl (C=O) groups is 1. The van der Waals surface area contributed by atoms with Gasteiger partial charge in [0.25, 0.3) is 0 Å². The molecule has 1 heterocycles. The van der Waals surface area contributed by atoms with Crippen molar-refractivity contribution in [2.24, 2.45) is 0 Å². The number of phenols is 1. The molecule has 1 atom stereocenters. The highest BCUT2D eigenvalue weighted by Gasteiger charge is 2.20. The zero-order chi connectivity index (χ0) is 16.8. The summed E-state index contributed by atoms with van der Waals surface area (Å²) in [6.07, 6.45) is 1.83. The highest BCUT2D eigenvalue weighted by Crippen LogP contribution is 2.33. The lowest BCUT2D eigenvalue weighted by Gasteiger charge is -2.18. The average Bonchev–Trinajstić information content (AvgIpc) is 3.13. The molecule has 0 saturated carbocycles. The third kappa shape index (κ3) is 3.84. The Bertz CT molecular complexity index is 782. The molecular formula is C20H19NO3. The van der Waals surface area contributed by atoms with Gasteiger partial charge >= 0.3 is 0 Å². The van der Waals surface area contributed by atoms with Gasteiger partial charge in [0.1, 0.15) is 11.5 Å². The molecule has 0 radical (unpaired) electrons. The second-order valence-electron chi connectivity index (χ2n) is 5.58. The van der Waals surface area contributed by atoms with E-state index in [0.29, 0.717) is 12.3 Å². The number of benzene rings is 2. The Morgan fingerprint density at radius 2 is 1.75 bits per heavy atom. The number of hydrogen-bond acceptors (Lipinski definition) is 3. The highest BCUT2D eigenvalue weighted by molar-refractivity contribution is 5.77. The van der Waals surface area contributed by atoms with Gasteiger partial charge in [-0.05, 0) is 23.8 Å². The van der Waals surface area contributed by atoms with Crippen LogP contribution in [0.5, 0.6) is 5.75 Å². The number of nitrogens with one attached hydrogen (secondary N) is 1. The summed E-state index contributed by atoms with van der Waals surface area (Å²) in [5.74, 6) is 0.611. The van der Waals surface area contributed by atoms with Crippen LogP contribution in [0.2, 0.25) is 0 Å². The zero-order valence-electron chi connectivity index (χ0n) is 13.2. The lowest BCUT2D eigenvalue weighted by Crippen LogP contribution is -2.24. The number of rotatable bonds is 6. The van der Waals surface area contributed by atoms with E-state index in [9.17, 15) is 9.90 Å². The van der Waals surface area contributed by atoms with Gasteiger partial charge in [-0.1, -0.05) is 48.5 Å². The fourth-order valence-electron chi connectivity index (χ4n) is 2.73. The van der Waals surface area contributed by atoms with E-state index >= 15 is 0 Å². The van der Waals surface area contributed by atoms with Gasteiger partial charge in [-0.3, -0.25) is 4.79 Å². The van der Waals surface area contributed by atoms with Crippen molar-refractivity contribution in [3.05, 3.63) is 89.9 Å². The van der Waals surface area contributed by atoms with Crippen molar-refractivity contribution < 1.29 is 14.3 Å². The van der Waals surface area contributed by atoms with Crippen LogP contribution < -0.4 is 5.32 Å². The number of carbonyl (C=O) groups excluding carboxylic acids is 1. The van der Waals surface area contributed by atoms with Gasteiger partial charge in [0, 0.05) is 17.9 Å². The summed E-state index contributed by atoms with van der Waals surface area (Å²) in [5, 5.41) is 13.0. The quantitative estimate of drug-likeness (QED) is 0.725. The van der Waals surface area contributed by atoms with Gasteiger partial charge in [-0.25, -0.2) is 0 Å². The molecule has 0 fully saturated rings. The maximum Gasteiger partial charge on any atom is 0.221 e. The van der Waals surface area contributed by atoms with E-state index in [1.54, 1.807) is 24.5 Å². The Kier molecular flexibility index (Phi) is 4.96. The zero-order valence-corrected chi connectivity index (χ0v) is 13.2. The monoisotopic (exact) mass is 321 g/mol. The predicted molar refractivity (Wildman–Crippen MR) is 91.6 cm³/mol. The molecule has 2 aromatic carbocycles. The number of para-hydroxylation sites is 1. The van der Waals surface area contributed by atoms with Gasteiger partial charge < -0.3 is 14.8 Å². The van der Waals surface area contributed by atoms with E-state index in [1.807, 2.05) is 48.5 Å². The number of phenolic OH excluding ortho intramolecular Hbond substituents is 1. The first kappa shape index (κ1) is 15.9. The number of furan rings is 1. The van der Waals surface area contributed by atoms with Gasteiger partial charge in [-0.2, -0.15) is 0 Å². The number of amides is 1. The Morgan fingerprint density at radius 3 is 2.46 bits per heavy atom. The normalized spacial score (nSPS) is 11.8. The van der Waals surface area contributed by atoms with Crippen LogP contribution >= 0.6 is 0 Å². The fraction of sp³-hybridized carbons (Fsp3) is 0.150. The first-order valence-electron chi connectivity index (χ1n) is 7.86. The van der Waals surface area contributed by atoms with E-state index < -0.39 is 0 Å². The highest BCUT2D eigenvalue weighted by atomic mass is 16.3. The first-order chi connectivity index (χ1) is 11.7. The van der Waals surface area contributed by atoms with Gasteiger partial charge in [-0.15, -0.1) is 0 Å². The second-order valence-corrected chi connectivity index (χ2v) is 5.58. The van der Waals surface area contributed by atoms with E-state index in [0.717, 1.165) is 11.1 Å². The summed E-state index contributed by atoms with van der Waals surface area (Å²) in [4.78, 5) is 12.4. The van der Waals surface area contributed by atoms with Gasteiger partial charge in [0.2, 0.25) is 5.91 Å². The minimum atomic E-state index is -0.205. The molecule has 24 heavy (non-hydrogen) atoms. The molecule has 0 saturated heterocycles. The third-order valence-corrected chi connectivity index (χ3v) is 3.94. The summed E-state index contributed by atoms with van der Waals surface area (Å²) in [5.41, 5.74) is 1.74. The van der Waals surface area contributed by atoms with Crippen molar-refractivity contribution in [2.75, 3.05) is 0 Å². The number of hydrogen-bond donors (Lipinski definition) is 2. The largest absolute Gasteiger partial charge is 0.508 e. The van der Waals surface area contributed by atoms with Crippen molar-refractivity contribution in [2.45, 2.75) is 18.9 Å². The van der Waals surface area contributed by atoms with Crippen molar-refractivity contribution in [1.29, 1.82) is 0 Å². The van der Waals surface area contributed by atoms with Crippen LogP contribution in [0.1, 0.15) is 29.2 Å². The summed E-state index contributed by atoms with van der Waals surface area (Å²) >= 11 is 0. The molecule has 3 aromatic rings. The van der Waals surface area contributed by atoms with Crippen molar-refractivity contribution >= 4 is 5.91 Å². The lowest BCUT2D eigenvalue weighted by atomic mass is 9.87. The molecule has 0 spiro atoms. The topological polar surface area (TPSA) is 62.5 Å². The molecule has 0 bridgehead atoms. The van der Waals surface area contributed by atoms with Crippen LogP contribution in [-0.2, 0) is 11.3 Å². The average molecular weight is 321 g/mol. The fourth-order valence-corrected chi connectivity index (χ4v) is 2.73. The molecule has 0 aliphatic heterocycles. The second kappa shape index (κ2) is 7.51. The van der Waals surface area contributed by atoms with Crippen molar-refractivity contribution in [3.8, 4) is 5.75 Å². The molecule has 2 N–H and O–H groups in total. The lowest BCUT2D eigenvalue weighted by molar-refractivity contribution is -0.121. The molecular weight excluding hydrogens is 302 g/mol. The van der Waals surface area contributed by atoms with Crippen LogP contribution in [-0.4, -0.2) is 11.0 Å². The van der Waals surface area contributed by atoms with E-state index in [-0.39, 0.29) is 24.0 Å². The van der Waals surface area contributed by atoms with Crippen LogP contribution in [0.15, 0.2) is 77.4 Å². The van der Waals surface area contributed by atoms with Crippen molar-refractivity contribution in [1.82, 2.24) is 5.32 Å². The maximum absolute atomic E-state index is 12.4. The SMILES string of the molecule is O=C(C[C@H](c1ccccc1)c1ccccc1O)NCc1ccco1. The minimum Gasteiger partial charge on any atom is -0.508 e. The predicted octanol–water partition coefficient (Wildman–Crippen LogP) is 3.82. The van der Waals surface area contributed by atoms with Crippen LogP contribution in [0.4, 0.5) is 0 Å². The summed E-state index contributed by atoms with van der Waals surface area (Å²) in [6, 6.07) is 20.5. The van der Waals surface area contributed by atoms with Crippen LogP contribution in [0.25, 0.3) is 0 Å². The summed E-state index contributed by atoms with van der Waals surface area (Å²) in [7, 11) is 0. The molecule has 0 aliphatic rings. The molecule has 4 nitrogen and oxygen atoms in total. The van der Waals surface area contributed by atoms with Crippen LogP contribution in [0, 0.1) is 0 Å². The molecule has 1 aromatic heterocycles. The molecule has 3 rings (SSSR count). The van der Waals surface area contributed by atoms with Gasteiger partial charge in [0.15, 0.2) is 0 Å². The Hall–Kier alpha value is -3.01. The van der Waals surface area contributed by atoms with Gasteiger partial charge in [0.05, 0.1) is 12.8 Å². The van der Waals surface area contributed by atoms with E-state index in [1.165, 1.54) is 0 Å². The third-order valence-electron chi connectivity index (χ3n) is 3.94. The summed E-state index contributed by atoms with van der Waals surface area (Å²) in [6.45, 7) is 0.355. The maximum atomic E-state index is 12.4. The standard InChI is InChI=1S/C20H19NO3/c22-19-11-5-4-10-17(19)18(15-7-2-1-3-8-15)13-20(23)21-14-16-9-6-12-24-16/h1-12,18,22H,13-14H2,(H,21,23)/t18-/m1/s1. The summed E-state index contributed by atoms with van der Waals surface area (Å²) < 4.78 is 5.22. The molecule has 0 aliphatic carbocycles.